The third kappa shape index (κ3) is 4.48. The molecule has 0 fully saturated rings. The highest BCUT2D eigenvalue weighted by Crippen LogP contribution is 2.22. The molecular formula is C11H15N3O6S. The number of nitro benzene ring substituents is 1. The quantitative estimate of drug-likeness (QED) is 0.421. The van der Waals surface area contributed by atoms with E-state index in [9.17, 15) is 23.3 Å². The standard InChI is InChI=1S/C11H15N3O6S/c1-3-20-11(15)8(2)12-13-21(18,19)10-7-5-4-6-9(10)14(16)17/h4-8,12-13H,3H2,1-2H3. The Morgan fingerprint density at radius 3 is 2.62 bits per heavy atom. The zero-order valence-corrected chi connectivity index (χ0v) is 12.2. The Hall–Kier alpha value is -2.04. The molecule has 0 heterocycles. The first-order valence-electron chi connectivity index (χ1n) is 5.97. The summed E-state index contributed by atoms with van der Waals surface area (Å²) in [7, 11) is -4.19. The zero-order valence-electron chi connectivity index (χ0n) is 11.4. The largest absolute Gasteiger partial charge is 0.465 e. The van der Waals surface area contributed by atoms with Crippen molar-refractivity contribution in [1.29, 1.82) is 0 Å². The molecule has 1 rings (SSSR count). The third-order valence-corrected chi connectivity index (χ3v) is 3.71. The Morgan fingerprint density at radius 2 is 2.05 bits per heavy atom. The molecule has 21 heavy (non-hydrogen) atoms. The molecular weight excluding hydrogens is 302 g/mol. The minimum atomic E-state index is -4.19. The van der Waals surface area contributed by atoms with Crippen LogP contribution in [-0.4, -0.2) is 32.0 Å². The van der Waals surface area contributed by atoms with Gasteiger partial charge in [0.2, 0.25) is 0 Å². The Kier molecular flexibility index (Phi) is 5.76. The van der Waals surface area contributed by atoms with Gasteiger partial charge in [0.1, 0.15) is 6.04 Å². The van der Waals surface area contributed by atoms with Gasteiger partial charge in [0.25, 0.3) is 15.7 Å². The number of benzene rings is 1. The molecule has 0 amide bonds. The second kappa shape index (κ2) is 7.11. The van der Waals surface area contributed by atoms with Crippen LogP contribution >= 0.6 is 0 Å². The summed E-state index contributed by atoms with van der Waals surface area (Å²) in [5.74, 6) is -0.650. The summed E-state index contributed by atoms with van der Waals surface area (Å²) in [5.41, 5.74) is 1.68. The van der Waals surface area contributed by atoms with Crippen molar-refractivity contribution in [3.8, 4) is 0 Å². The molecule has 0 aliphatic rings. The van der Waals surface area contributed by atoms with Crippen molar-refractivity contribution in [2.45, 2.75) is 24.8 Å². The molecule has 1 aromatic carbocycles. The van der Waals surface area contributed by atoms with Crippen molar-refractivity contribution in [2.24, 2.45) is 0 Å². The summed E-state index contributed by atoms with van der Waals surface area (Å²) >= 11 is 0. The molecule has 0 saturated carbocycles. The van der Waals surface area contributed by atoms with Crippen molar-refractivity contribution >= 4 is 21.7 Å². The highest BCUT2D eigenvalue weighted by molar-refractivity contribution is 7.89. The van der Waals surface area contributed by atoms with Crippen LogP contribution in [0, 0.1) is 10.1 Å². The van der Waals surface area contributed by atoms with Gasteiger partial charge < -0.3 is 4.74 Å². The van der Waals surface area contributed by atoms with E-state index in [1.165, 1.54) is 19.1 Å². The van der Waals surface area contributed by atoms with Crippen molar-refractivity contribution in [1.82, 2.24) is 10.3 Å². The number of carbonyl (C=O) groups excluding carboxylic acids is 1. The van der Waals surface area contributed by atoms with Gasteiger partial charge in [0, 0.05) is 6.07 Å². The van der Waals surface area contributed by atoms with Crippen molar-refractivity contribution in [3.63, 3.8) is 0 Å². The zero-order chi connectivity index (χ0) is 16.0. The van der Waals surface area contributed by atoms with Crippen molar-refractivity contribution < 1.29 is 22.9 Å². The van der Waals surface area contributed by atoms with Gasteiger partial charge in [-0.3, -0.25) is 14.9 Å². The average Bonchev–Trinajstić information content (AvgIpc) is 2.45. The van der Waals surface area contributed by atoms with Crippen LogP contribution in [0.3, 0.4) is 0 Å². The minimum Gasteiger partial charge on any atom is -0.465 e. The monoisotopic (exact) mass is 317 g/mol. The fourth-order valence-electron chi connectivity index (χ4n) is 1.38. The number of carbonyl (C=O) groups is 1. The summed E-state index contributed by atoms with van der Waals surface area (Å²) in [6.07, 6.45) is 0. The lowest BCUT2D eigenvalue weighted by Crippen LogP contribution is -2.47. The lowest BCUT2D eigenvalue weighted by atomic mass is 10.3. The van der Waals surface area contributed by atoms with Crippen LogP contribution in [-0.2, 0) is 19.6 Å². The number of hydrazine groups is 1. The number of rotatable bonds is 7. The molecule has 0 radical (unpaired) electrons. The average molecular weight is 317 g/mol. The number of sulfonamides is 1. The van der Waals surface area contributed by atoms with Crippen LogP contribution in [0.15, 0.2) is 29.2 Å². The topological polar surface area (TPSA) is 128 Å². The van der Waals surface area contributed by atoms with E-state index >= 15 is 0 Å². The molecule has 9 nitrogen and oxygen atoms in total. The number of nitrogens with zero attached hydrogens (tertiary/aromatic N) is 1. The van der Waals surface area contributed by atoms with Crippen LogP contribution in [0.25, 0.3) is 0 Å². The second-order valence-corrected chi connectivity index (χ2v) is 5.60. The van der Waals surface area contributed by atoms with Gasteiger partial charge >= 0.3 is 5.97 Å². The second-order valence-electron chi connectivity index (χ2n) is 3.95. The molecule has 10 heteroatoms. The fraction of sp³-hybridized carbons (Fsp3) is 0.364. The summed E-state index contributed by atoms with van der Waals surface area (Å²) in [6, 6.07) is 3.94. The molecule has 0 saturated heterocycles. The first-order valence-corrected chi connectivity index (χ1v) is 7.45. The molecule has 0 aliphatic heterocycles. The Balaban J connectivity index is 2.88. The van der Waals surface area contributed by atoms with E-state index in [1.54, 1.807) is 6.92 Å². The molecule has 1 atom stereocenters. The maximum atomic E-state index is 12.0. The van der Waals surface area contributed by atoms with Gasteiger partial charge in [0.15, 0.2) is 4.90 Å². The maximum absolute atomic E-state index is 12.0. The molecule has 0 spiro atoms. The molecule has 0 aliphatic carbocycles. The van der Waals surface area contributed by atoms with Gasteiger partial charge in [-0.05, 0) is 19.9 Å². The van der Waals surface area contributed by atoms with Crippen LogP contribution in [0.5, 0.6) is 0 Å². The molecule has 2 N–H and O–H groups in total. The highest BCUT2D eigenvalue weighted by atomic mass is 32.2. The summed E-state index contributed by atoms with van der Waals surface area (Å²) < 4.78 is 28.7. The van der Waals surface area contributed by atoms with Crippen LogP contribution in [0.2, 0.25) is 0 Å². The molecule has 0 bridgehead atoms. The van der Waals surface area contributed by atoms with E-state index in [0.717, 1.165) is 12.1 Å². The van der Waals surface area contributed by atoms with Crippen LogP contribution < -0.4 is 10.3 Å². The molecule has 0 aromatic heterocycles. The Labute approximate surface area is 121 Å². The maximum Gasteiger partial charge on any atom is 0.324 e. The third-order valence-electron chi connectivity index (χ3n) is 2.40. The van der Waals surface area contributed by atoms with Gasteiger partial charge in [-0.1, -0.05) is 12.1 Å². The minimum absolute atomic E-state index is 0.155. The lowest BCUT2D eigenvalue weighted by molar-refractivity contribution is -0.387. The van der Waals surface area contributed by atoms with Gasteiger partial charge in [0.05, 0.1) is 11.5 Å². The Morgan fingerprint density at radius 1 is 1.43 bits per heavy atom. The summed E-state index contributed by atoms with van der Waals surface area (Å²) in [5, 5.41) is 10.8. The Bertz CT molecular complexity index is 631. The van der Waals surface area contributed by atoms with E-state index < -0.39 is 37.5 Å². The normalized spacial score (nSPS) is 12.7. The first kappa shape index (κ1) is 17.0. The van der Waals surface area contributed by atoms with E-state index in [4.69, 9.17) is 4.74 Å². The SMILES string of the molecule is CCOC(=O)C(C)NNS(=O)(=O)c1ccccc1[N+](=O)[O-]. The molecule has 1 unspecified atom stereocenters. The predicted molar refractivity (Wildman–Crippen MR) is 72.6 cm³/mol. The number of ether oxygens (including phenoxy) is 1. The van der Waals surface area contributed by atoms with E-state index in [2.05, 4.69) is 5.43 Å². The number of para-hydroxylation sites is 1. The first-order chi connectivity index (χ1) is 9.79. The van der Waals surface area contributed by atoms with Crippen LogP contribution in [0.1, 0.15) is 13.8 Å². The van der Waals surface area contributed by atoms with Crippen molar-refractivity contribution in [2.75, 3.05) is 6.61 Å². The fourth-order valence-corrected chi connectivity index (χ4v) is 2.50. The van der Waals surface area contributed by atoms with E-state index in [0.29, 0.717) is 0 Å². The summed E-state index contributed by atoms with van der Waals surface area (Å²) in [4.78, 5) is 22.8. The highest BCUT2D eigenvalue weighted by Gasteiger charge is 2.26. The van der Waals surface area contributed by atoms with Gasteiger partial charge in [-0.15, -0.1) is 4.83 Å². The van der Waals surface area contributed by atoms with E-state index in [1.807, 2.05) is 4.83 Å². The number of hydrogen-bond donors (Lipinski definition) is 2. The van der Waals surface area contributed by atoms with Crippen LogP contribution in [0.4, 0.5) is 5.69 Å². The smallest absolute Gasteiger partial charge is 0.324 e. The number of hydrogen-bond acceptors (Lipinski definition) is 7. The van der Waals surface area contributed by atoms with E-state index in [-0.39, 0.29) is 6.61 Å². The van der Waals surface area contributed by atoms with Gasteiger partial charge in [-0.2, -0.15) is 0 Å². The summed E-state index contributed by atoms with van der Waals surface area (Å²) in [6.45, 7) is 3.16. The number of nitrogens with one attached hydrogen (secondary N) is 2. The number of esters is 1. The predicted octanol–water partition coefficient (Wildman–Crippen LogP) is 0.329. The van der Waals surface area contributed by atoms with Crippen molar-refractivity contribution in [3.05, 3.63) is 34.4 Å². The number of nitro groups is 1. The molecule has 1 aromatic rings. The van der Waals surface area contributed by atoms with Gasteiger partial charge in [-0.25, -0.2) is 13.8 Å². The lowest BCUT2D eigenvalue weighted by Gasteiger charge is -2.13. The molecule has 116 valence electrons.